The van der Waals surface area contributed by atoms with Crippen molar-refractivity contribution in [3.8, 4) is 17.0 Å². The molecule has 0 bridgehead atoms. The lowest BCUT2D eigenvalue weighted by molar-refractivity contribution is 0.249. The molecule has 1 fully saturated rings. The Morgan fingerprint density at radius 3 is 2.50 bits per heavy atom. The van der Waals surface area contributed by atoms with Crippen LogP contribution in [0.4, 0.5) is 5.82 Å². The SMILES string of the molecule is COc1ccccc1-c1nccnc1N1CCN(Cc2cn(C)nc2C)CC1. The number of nitrogens with zero attached hydrogens (tertiary/aromatic N) is 6. The van der Waals surface area contributed by atoms with Gasteiger partial charge in [0.25, 0.3) is 0 Å². The lowest BCUT2D eigenvalue weighted by Crippen LogP contribution is -2.46. The highest BCUT2D eigenvalue weighted by Gasteiger charge is 2.23. The molecule has 0 N–H and O–H groups in total. The molecule has 3 aromatic rings. The molecule has 7 heteroatoms. The van der Waals surface area contributed by atoms with Crippen molar-refractivity contribution in [3.05, 3.63) is 54.1 Å². The molecule has 0 spiro atoms. The minimum Gasteiger partial charge on any atom is -0.496 e. The molecule has 0 atom stereocenters. The molecule has 0 radical (unpaired) electrons. The number of hydrogen-bond donors (Lipinski definition) is 0. The molecule has 146 valence electrons. The van der Waals surface area contributed by atoms with E-state index in [-0.39, 0.29) is 0 Å². The fraction of sp³-hybridized carbons (Fsp3) is 0.381. The number of aromatic nitrogens is 4. The van der Waals surface area contributed by atoms with Crippen molar-refractivity contribution in [2.75, 3.05) is 38.2 Å². The maximum atomic E-state index is 5.54. The second-order valence-electron chi connectivity index (χ2n) is 7.11. The molecule has 3 heterocycles. The molecule has 7 nitrogen and oxygen atoms in total. The van der Waals surface area contributed by atoms with E-state index in [0.29, 0.717) is 0 Å². The van der Waals surface area contributed by atoms with E-state index in [1.807, 2.05) is 36.0 Å². The van der Waals surface area contributed by atoms with Crippen LogP contribution in [0, 0.1) is 6.92 Å². The Labute approximate surface area is 165 Å². The van der Waals surface area contributed by atoms with Crippen LogP contribution in [0.2, 0.25) is 0 Å². The lowest BCUT2D eigenvalue weighted by Gasteiger charge is -2.35. The molecule has 1 saturated heterocycles. The minimum absolute atomic E-state index is 0.815. The molecule has 0 aliphatic carbocycles. The predicted octanol–water partition coefficient (Wildman–Crippen LogP) is 2.52. The van der Waals surface area contributed by atoms with Gasteiger partial charge >= 0.3 is 0 Å². The summed E-state index contributed by atoms with van der Waals surface area (Å²) in [6.07, 6.45) is 5.62. The lowest BCUT2D eigenvalue weighted by atomic mass is 10.1. The van der Waals surface area contributed by atoms with Gasteiger partial charge in [-0.1, -0.05) is 12.1 Å². The van der Waals surface area contributed by atoms with E-state index < -0.39 is 0 Å². The maximum Gasteiger partial charge on any atom is 0.155 e. The van der Waals surface area contributed by atoms with Crippen LogP contribution in [0.5, 0.6) is 5.75 Å². The molecule has 0 unspecified atom stereocenters. The van der Waals surface area contributed by atoms with E-state index in [0.717, 1.165) is 61.2 Å². The highest BCUT2D eigenvalue weighted by Crippen LogP contribution is 2.33. The molecule has 1 aliphatic rings. The third-order valence-corrected chi connectivity index (χ3v) is 5.22. The van der Waals surface area contributed by atoms with Crippen molar-refractivity contribution in [1.82, 2.24) is 24.6 Å². The topological polar surface area (TPSA) is 59.3 Å². The van der Waals surface area contributed by atoms with Crippen molar-refractivity contribution in [3.63, 3.8) is 0 Å². The van der Waals surface area contributed by atoms with Gasteiger partial charge in [0.15, 0.2) is 5.82 Å². The molecule has 0 amide bonds. The van der Waals surface area contributed by atoms with E-state index in [1.54, 1.807) is 19.5 Å². The number of para-hydroxylation sites is 1. The van der Waals surface area contributed by atoms with Crippen molar-refractivity contribution >= 4 is 5.82 Å². The Balaban J connectivity index is 1.50. The van der Waals surface area contributed by atoms with Crippen molar-refractivity contribution in [2.45, 2.75) is 13.5 Å². The molecule has 2 aromatic heterocycles. The first-order valence-electron chi connectivity index (χ1n) is 9.56. The first kappa shape index (κ1) is 18.4. The van der Waals surface area contributed by atoms with Gasteiger partial charge in [0.2, 0.25) is 0 Å². The van der Waals surface area contributed by atoms with Gasteiger partial charge in [0.1, 0.15) is 11.4 Å². The van der Waals surface area contributed by atoms with E-state index in [4.69, 9.17) is 4.74 Å². The number of piperazine rings is 1. The number of anilines is 1. The fourth-order valence-electron chi connectivity index (χ4n) is 3.75. The molecule has 0 saturated carbocycles. The van der Waals surface area contributed by atoms with E-state index in [2.05, 4.69) is 38.0 Å². The summed E-state index contributed by atoms with van der Waals surface area (Å²) in [5.41, 5.74) is 4.25. The summed E-state index contributed by atoms with van der Waals surface area (Å²) in [5, 5.41) is 4.45. The third-order valence-electron chi connectivity index (χ3n) is 5.22. The fourth-order valence-corrected chi connectivity index (χ4v) is 3.75. The summed E-state index contributed by atoms with van der Waals surface area (Å²) in [7, 11) is 3.66. The summed E-state index contributed by atoms with van der Waals surface area (Å²) in [5.74, 6) is 1.74. The number of rotatable bonds is 5. The number of benzene rings is 1. The van der Waals surface area contributed by atoms with Gasteiger partial charge in [0.05, 0.1) is 12.8 Å². The minimum atomic E-state index is 0.815. The summed E-state index contributed by atoms with van der Waals surface area (Å²) in [4.78, 5) is 14.1. The summed E-state index contributed by atoms with van der Waals surface area (Å²) in [6.45, 7) is 6.81. The van der Waals surface area contributed by atoms with Crippen molar-refractivity contribution < 1.29 is 4.74 Å². The third kappa shape index (κ3) is 3.71. The zero-order chi connectivity index (χ0) is 19.5. The molecular weight excluding hydrogens is 352 g/mol. The van der Waals surface area contributed by atoms with Gasteiger partial charge in [-0.2, -0.15) is 5.10 Å². The summed E-state index contributed by atoms with van der Waals surface area (Å²) >= 11 is 0. The molecule has 1 aromatic carbocycles. The second-order valence-corrected chi connectivity index (χ2v) is 7.11. The number of ether oxygens (including phenoxy) is 1. The van der Waals surface area contributed by atoms with Gasteiger partial charge in [-0.25, -0.2) is 4.98 Å². The van der Waals surface area contributed by atoms with Gasteiger partial charge < -0.3 is 9.64 Å². The van der Waals surface area contributed by atoms with Crippen LogP contribution < -0.4 is 9.64 Å². The zero-order valence-corrected chi connectivity index (χ0v) is 16.7. The average Bonchev–Trinajstić information content (AvgIpc) is 3.05. The molecular formula is C21H26N6O. The Bertz CT molecular complexity index is 946. The number of methoxy groups -OCH3 is 1. The Morgan fingerprint density at radius 1 is 1.04 bits per heavy atom. The summed E-state index contributed by atoms with van der Waals surface area (Å²) < 4.78 is 7.43. The van der Waals surface area contributed by atoms with Crippen LogP contribution in [-0.2, 0) is 13.6 Å². The Kier molecular flexibility index (Phi) is 5.25. The average molecular weight is 378 g/mol. The Morgan fingerprint density at radius 2 is 1.79 bits per heavy atom. The Hall–Kier alpha value is -2.93. The monoisotopic (exact) mass is 378 g/mol. The number of aryl methyl sites for hydroxylation is 2. The van der Waals surface area contributed by atoms with Crippen LogP contribution in [0.15, 0.2) is 42.9 Å². The summed E-state index contributed by atoms with van der Waals surface area (Å²) in [6, 6.07) is 7.97. The van der Waals surface area contributed by atoms with Crippen molar-refractivity contribution in [1.29, 1.82) is 0 Å². The van der Waals surface area contributed by atoms with E-state index in [1.165, 1.54) is 5.56 Å². The predicted molar refractivity (Wildman–Crippen MR) is 109 cm³/mol. The van der Waals surface area contributed by atoms with E-state index in [9.17, 15) is 0 Å². The quantitative estimate of drug-likeness (QED) is 0.680. The maximum absolute atomic E-state index is 5.54. The van der Waals surface area contributed by atoms with Crippen LogP contribution in [0.1, 0.15) is 11.3 Å². The van der Waals surface area contributed by atoms with Crippen LogP contribution in [0.3, 0.4) is 0 Å². The highest BCUT2D eigenvalue weighted by atomic mass is 16.5. The first-order chi connectivity index (χ1) is 13.7. The van der Waals surface area contributed by atoms with Crippen LogP contribution in [-0.4, -0.2) is 57.9 Å². The second kappa shape index (κ2) is 7.98. The number of hydrogen-bond acceptors (Lipinski definition) is 6. The smallest absolute Gasteiger partial charge is 0.155 e. The largest absolute Gasteiger partial charge is 0.496 e. The van der Waals surface area contributed by atoms with Gasteiger partial charge in [-0.3, -0.25) is 14.6 Å². The van der Waals surface area contributed by atoms with Gasteiger partial charge in [0, 0.05) is 69.5 Å². The van der Waals surface area contributed by atoms with Crippen molar-refractivity contribution in [2.24, 2.45) is 7.05 Å². The van der Waals surface area contributed by atoms with Gasteiger partial charge in [-0.15, -0.1) is 0 Å². The molecule has 28 heavy (non-hydrogen) atoms. The first-order valence-corrected chi connectivity index (χ1v) is 9.56. The molecule has 1 aliphatic heterocycles. The highest BCUT2D eigenvalue weighted by molar-refractivity contribution is 5.76. The normalized spacial score (nSPS) is 15.0. The van der Waals surface area contributed by atoms with Crippen LogP contribution in [0.25, 0.3) is 11.3 Å². The standard InChI is InChI=1S/C21H26N6O/c1-16-17(14-25(2)24-16)15-26-10-12-27(13-11-26)21-20(22-8-9-23-21)18-6-4-5-7-19(18)28-3/h4-9,14H,10-13,15H2,1-3H3. The molecule has 4 rings (SSSR count). The van der Waals surface area contributed by atoms with E-state index >= 15 is 0 Å². The zero-order valence-electron chi connectivity index (χ0n) is 16.7. The van der Waals surface area contributed by atoms with Crippen LogP contribution >= 0.6 is 0 Å². The van der Waals surface area contributed by atoms with Gasteiger partial charge in [-0.05, 0) is 19.1 Å².